The van der Waals surface area contributed by atoms with Crippen molar-refractivity contribution in [2.75, 3.05) is 19.7 Å². The largest absolute Gasteiger partial charge is 0.464 e. The smallest absolute Gasteiger partial charge is 0.329 e. The Hall–Kier alpha value is -2.30. The van der Waals surface area contributed by atoms with Crippen LogP contribution < -0.4 is 17.2 Å². The zero-order valence-corrected chi connectivity index (χ0v) is 24.9. The number of amides is 2. The average Bonchev–Trinajstić information content (AvgIpc) is 3.47. The van der Waals surface area contributed by atoms with Gasteiger partial charge in [0.05, 0.1) is 25.5 Å². The Morgan fingerprint density at radius 2 is 1.45 bits per heavy atom. The molecule has 0 bridgehead atoms. The van der Waals surface area contributed by atoms with Gasteiger partial charge in [0.25, 0.3) is 0 Å². The first-order chi connectivity index (χ1) is 19.5. The SMILES string of the molecule is CCCCCCCCCCCCCCCCOC(=O)[C@H](CCCCN)N(C(=O)CN)C(=O)[C@@H](N)Cc1cnc[nH]1. The number of nitrogens with one attached hydrogen (secondary N) is 1. The van der Waals surface area contributed by atoms with Crippen molar-refractivity contribution in [1.82, 2.24) is 14.9 Å². The Balaban J connectivity index is 2.44. The van der Waals surface area contributed by atoms with Crippen LogP contribution in [0.4, 0.5) is 0 Å². The second kappa shape index (κ2) is 23.4. The summed E-state index contributed by atoms with van der Waals surface area (Å²) in [5.41, 5.74) is 18.0. The van der Waals surface area contributed by atoms with Crippen molar-refractivity contribution in [1.29, 1.82) is 0 Å². The van der Waals surface area contributed by atoms with Crippen LogP contribution in [0.15, 0.2) is 12.5 Å². The van der Waals surface area contributed by atoms with Crippen molar-refractivity contribution in [3.63, 3.8) is 0 Å². The van der Waals surface area contributed by atoms with E-state index in [0.717, 1.165) is 24.2 Å². The summed E-state index contributed by atoms with van der Waals surface area (Å²) in [5.74, 6) is -1.91. The molecule has 1 aromatic rings. The van der Waals surface area contributed by atoms with Gasteiger partial charge in [-0.25, -0.2) is 9.78 Å². The minimum atomic E-state index is -1.07. The molecule has 0 aliphatic carbocycles. The molecule has 0 aromatic carbocycles. The Kier molecular flexibility index (Phi) is 20.9. The third-order valence-corrected chi connectivity index (χ3v) is 7.25. The molecule has 7 N–H and O–H groups in total. The zero-order valence-electron chi connectivity index (χ0n) is 24.9. The topological polar surface area (TPSA) is 170 Å². The molecule has 0 fully saturated rings. The van der Waals surface area contributed by atoms with E-state index in [9.17, 15) is 14.4 Å². The van der Waals surface area contributed by atoms with Crippen molar-refractivity contribution in [3.05, 3.63) is 18.2 Å². The number of carbonyl (C=O) groups excluding carboxylic acids is 3. The van der Waals surface area contributed by atoms with E-state index in [1.54, 1.807) is 6.20 Å². The highest BCUT2D eigenvalue weighted by Crippen LogP contribution is 2.16. The van der Waals surface area contributed by atoms with Gasteiger partial charge in [-0.05, 0) is 32.2 Å². The number of esters is 1. The molecule has 0 saturated carbocycles. The highest BCUT2D eigenvalue weighted by atomic mass is 16.5. The molecule has 0 unspecified atom stereocenters. The lowest BCUT2D eigenvalue weighted by molar-refractivity contribution is -0.162. The van der Waals surface area contributed by atoms with Gasteiger partial charge in [-0.2, -0.15) is 0 Å². The standard InChI is InChI=1S/C30H56N6O4/c1-2-3-4-5-6-7-8-9-10-11-12-13-14-17-20-40-30(39)27(18-15-16-19-31)36(28(37)22-32)29(38)26(33)21-25-23-34-24-35-25/h23-24,26-27H,2-22,31-33H2,1H3,(H,34,35)/t26-,27-/m0/s1. The second-order valence-electron chi connectivity index (χ2n) is 10.8. The summed E-state index contributed by atoms with van der Waals surface area (Å²) >= 11 is 0. The number of aromatic amines is 1. The van der Waals surface area contributed by atoms with Gasteiger partial charge in [0, 0.05) is 18.3 Å². The molecule has 1 aromatic heterocycles. The van der Waals surface area contributed by atoms with Gasteiger partial charge in [0.1, 0.15) is 6.04 Å². The van der Waals surface area contributed by atoms with Crippen molar-refractivity contribution in [2.45, 2.75) is 135 Å². The molecule has 10 heteroatoms. The van der Waals surface area contributed by atoms with E-state index in [1.165, 1.54) is 77.0 Å². The maximum Gasteiger partial charge on any atom is 0.329 e. The number of nitrogens with zero attached hydrogens (tertiary/aromatic N) is 2. The third-order valence-electron chi connectivity index (χ3n) is 7.25. The molecule has 0 radical (unpaired) electrons. The first-order valence-electron chi connectivity index (χ1n) is 15.6. The molecule has 0 aliphatic heterocycles. The summed E-state index contributed by atoms with van der Waals surface area (Å²) in [6.07, 6.45) is 22.0. The predicted octanol–water partition coefficient (Wildman–Crippen LogP) is 4.12. The van der Waals surface area contributed by atoms with E-state index >= 15 is 0 Å². The van der Waals surface area contributed by atoms with Crippen LogP contribution >= 0.6 is 0 Å². The van der Waals surface area contributed by atoms with Gasteiger partial charge in [-0.15, -0.1) is 0 Å². The number of rotatable bonds is 25. The number of imidazole rings is 1. The summed E-state index contributed by atoms with van der Waals surface area (Å²) in [4.78, 5) is 46.7. The van der Waals surface area contributed by atoms with Crippen molar-refractivity contribution in [2.24, 2.45) is 17.2 Å². The fourth-order valence-electron chi connectivity index (χ4n) is 4.85. The maximum atomic E-state index is 13.2. The van der Waals surface area contributed by atoms with Gasteiger partial charge in [0.2, 0.25) is 11.8 Å². The molecule has 0 spiro atoms. The summed E-state index contributed by atoms with van der Waals surface area (Å²) in [7, 11) is 0. The van der Waals surface area contributed by atoms with E-state index in [1.807, 2.05) is 0 Å². The van der Waals surface area contributed by atoms with Crippen LogP contribution in [-0.4, -0.2) is 64.4 Å². The molecule has 40 heavy (non-hydrogen) atoms. The molecular weight excluding hydrogens is 508 g/mol. The summed E-state index contributed by atoms with van der Waals surface area (Å²) in [5, 5.41) is 0. The zero-order chi connectivity index (χ0) is 29.4. The first-order valence-corrected chi connectivity index (χ1v) is 15.6. The molecule has 1 heterocycles. The predicted molar refractivity (Wildman–Crippen MR) is 159 cm³/mol. The van der Waals surface area contributed by atoms with Crippen LogP contribution in [0.25, 0.3) is 0 Å². The van der Waals surface area contributed by atoms with Crippen LogP contribution in [0.1, 0.15) is 122 Å². The van der Waals surface area contributed by atoms with Crippen LogP contribution in [0, 0.1) is 0 Å². The van der Waals surface area contributed by atoms with E-state index in [0.29, 0.717) is 25.1 Å². The second-order valence-corrected chi connectivity index (χ2v) is 10.8. The molecule has 2 amide bonds. The maximum absolute atomic E-state index is 13.2. The molecule has 0 saturated heterocycles. The average molecular weight is 565 g/mol. The number of unbranched alkanes of at least 4 members (excludes halogenated alkanes) is 14. The number of nitrogens with two attached hydrogens (primary N) is 3. The van der Waals surface area contributed by atoms with Gasteiger partial charge >= 0.3 is 5.97 Å². The Bertz CT molecular complexity index is 789. The molecule has 10 nitrogen and oxygen atoms in total. The van der Waals surface area contributed by atoms with Gasteiger partial charge in [0.15, 0.2) is 0 Å². The molecule has 2 atom stereocenters. The Morgan fingerprint density at radius 3 is 1.95 bits per heavy atom. The number of aromatic nitrogens is 2. The van der Waals surface area contributed by atoms with Crippen LogP contribution in [0.5, 0.6) is 0 Å². The lowest BCUT2D eigenvalue weighted by Crippen LogP contribution is -2.56. The van der Waals surface area contributed by atoms with Gasteiger partial charge in [-0.3, -0.25) is 14.5 Å². The number of imide groups is 1. The number of hydrogen-bond acceptors (Lipinski definition) is 8. The minimum absolute atomic E-state index is 0.150. The fraction of sp³-hybridized carbons (Fsp3) is 0.800. The number of ether oxygens (including phenoxy) is 1. The first kappa shape index (κ1) is 35.7. The number of H-pyrrole nitrogens is 1. The van der Waals surface area contributed by atoms with Gasteiger partial charge < -0.3 is 26.9 Å². The quantitative estimate of drug-likeness (QED) is 0.101. The van der Waals surface area contributed by atoms with E-state index in [2.05, 4.69) is 16.9 Å². The van der Waals surface area contributed by atoms with Crippen LogP contribution in [0.2, 0.25) is 0 Å². The van der Waals surface area contributed by atoms with Crippen molar-refractivity contribution < 1.29 is 19.1 Å². The third kappa shape index (κ3) is 15.5. The van der Waals surface area contributed by atoms with Crippen molar-refractivity contribution in [3.8, 4) is 0 Å². The normalized spacial score (nSPS) is 12.7. The highest BCUT2D eigenvalue weighted by molar-refractivity contribution is 6.02. The minimum Gasteiger partial charge on any atom is -0.464 e. The number of hydrogen-bond donors (Lipinski definition) is 4. The van der Waals surface area contributed by atoms with Crippen LogP contribution in [-0.2, 0) is 25.5 Å². The van der Waals surface area contributed by atoms with E-state index in [4.69, 9.17) is 21.9 Å². The molecule has 0 aliphatic rings. The van der Waals surface area contributed by atoms with Gasteiger partial charge in [-0.1, -0.05) is 90.4 Å². The highest BCUT2D eigenvalue weighted by Gasteiger charge is 2.37. The van der Waals surface area contributed by atoms with E-state index in [-0.39, 0.29) is 19.4 Å². The summed E-state index contributed by atoms with van der Waals surface area (Å²) in [6, 6.07) is -2.11. The molecule has 1 rings (SSSR count). The lowest BCUT2D eigenvalue weighted by Gasteiger charge is -2.30. The van der Waals surface area contributed by atoms with Crippen molar-refractivity contribution >= 4 is 17.8 Å². The fourth-order valence-corrected chi connectivity index (χ4v) is 4.85. The number of carbonyl (C=O) groups is 3. The summed E-state index contributed by atoms with van der Waals surface area (Å²) in [6.45, 7) is 2.53. The summed E-state index contributed by atoms with van der Waals surface area (Å²) < 4.78 is 5.54. The molecule has 230 valence electrons. The Labute approximate surface area is 241 Å². The monoisotopic (exact) mass is 564 g/mol. The Morgan fingerprint density at radius 1 is 0.875 bits per heavy atom. The van der Waals surface area contributed by atoms with E-state index < -0.39 is 36.4 Å². The lowest BCUT2D eigenvalue weighted by atomic mass is 10.0. The van der Waals surface area contributed by atoms with Crippen LogP contribution in [0.3, 0.4) is 0 Å². The molecular formula is C30H56N6O4.